The van der Waals surface area contributed by atoms with Crippen molar-refractivity contribution >= 4 is 17.5 Å². The molecule has 2 aliphatic heterocycles. The first-order valence-electron chi connectivity index (χ1n) is 9.42. The van der Waals surface area contributed by atoms with Crippen LogP contribution in [0, 0.1) is 5.82 Å². The standard InChI is InChI=1S/C21H22ClFN2O2/c22-19-11-14(1-5-20(19)23)2-6-21(26)25-15-3-4-16(25)13-18(12-15)27-17-7-9-24-10-8-17/h1,5,7-11,15-16,18H,2-4,6,12-13H2. The summed E-state index contributed by atoms with van der Waals surface area (Å²) in [5.74, 6) is 0.578. The Kier molecular flexibility index (Phi) is 5.30. The molecule has 2 unspecified atom stereocenters. The monoisotopic (exact) mass is 388 g/mol. The van der Waals surface area contributed by atoms with Crippen molar-refractivity contribution in [2.45, 2.75) is 56.7 Å². The zero-order chi connectivity index (χ0) is 18.8. The maximum Gasteiger partial charge on any atom is 0.223 e. The Hall–Kier alpha value is -2.14. The first-order valence-corrected chi connectivity index (χ1v) is 9.79. The minimum absolute atomic E-state index is 0.106. The second-order valence-electron chi connectivity index (χ2n) is 7.33. The van der Waals surface area contributed by atoms with Gasteiger partial charge >= 0.3 is 0 Å². The van der Waals surface area contributed by atoms with E-state index in [0.717, 1.165) is 37.0 Å². The fourth-order valence-electron chi connectivity index (χ4n) is 4.32. The van der Waals surface area contributed by atoms with E-state index in [9.17, 15) is 9.18 Å². The topological polar surface area (TPSA) is 42.4 Å². The van der Waals surface area contributed by atoms with E-state index in [1.807, 2.05) is 12.1 Å². The molecule has 2 bridgehead atoms. The number of carbonyl (C=O) groups excluding carboxylic acids is 1. The van der Waals surface area contributed by atoms with Gasteiger partial charge in [-0.2, -0.15) is 0 Å². The molecule has 0 spiro atoms. The van der Waals surface area contributed by atoms with E-state index >= 15 is 0 Å². The molecule has 2 atom stereocenters. The minimum Gasteiger partial charge on any atom is -0.490 e. The first kappa shape index (κ1) is 18.2. The Morgan fingerprint density at radius 3 is 2.56 bits per heavy atom. The van der Waals surface area contributed by atoms with Gasteiger partial charge in [0.1, 0.15) is 17.7 Å². The molecule has 3 heterocycles. The van der Waals surface area contributed by atoms with Gasteiger partial charge in [-0.3, -0.25) is 9.78 Å². The Morgan fingerprint density at radius 1 is 1.19 bits per heavy atom. The van der Waals surface area contributed by atoms with Crippen LogP contribution >= 0.6 is 11.6 Å². The van der Waals surface area contributed by atoms with Crippen LogP contribution in [0.4, 0.5) is 4.39 Å². The molecule has 4 nitrogen and oxygen atoms in total. The highest BCUT2D eigenvalue weighted by Gasteiger charge is 2.43. The Balaban J connectivity index is 1.34. The normalized spacial score (nSPS) is 24.1. The van der Waals surface area contributed by atoms with Crippen molar-refractivity contribution in [3.63, 3.8) is 0 Å². The summed E-state index contributed by atoms with van der Waals surface area (Å²) in [6.45, 7) is 0. The maximum atomic E-state index is 13.3. The molecule has 27 heavy (non-hydrogen) atoms. The zero-order valence-corrected chi connectivity index (χ0v) is 15.7. The van der Waals surface area contributed by atoms with Crippen molar-refractivity contribution in [3.8, 4) is 5.75 Å². The Morgan fingerprint density at radius 2 is 1.89 bits per heavy atom. The molecular weight excluding hydrogens is 367 g/mol. The third-order valence-electron chi connectivity index (χ3n) is 5.54. The highest BCUT2D eigenvalue weighted by molar-refractivity contribution is 6.30. The number of aromatic nitrogens is 1. The van der Waals surface area contributed by atoms with E-state index in [1.165, 1.54) is 6.07 Å². The number of carbonyl (C=O) groups is 1. The van der Waals surface area contributed by atoms with Gasteiger partial charge in [-0.25, -0.2) is 4.39 Å². The van der Waals surface area contributed by atoms with E-state index in [-0.39, 0.29) is 29.1 Å². The Labute approximate surface area is 163 Å². The lowest BCUT2D eigenvalue weighted by Gasteiger charge is -2.39. The number of pyridine rings is 1. The van der Waals surface area contributed by atoms with Gasteiger partial charge in [-0.15, -0.1) is 0 Å². The lowest BCUT2D eigenvalue weighted by molar-refractivity contribution is -0.137. The number of aryl methyl sites for hydroxylation is 1. The summed E-state index contributed by atoms with van der Waals surface area (Å²) in [7, 11) is 0. The summed E-state index contributed by atoms with van der Waals surface area (Å²) in [6, 6.07) is 8.89. The highest BCUT2D eigenvalue weighted by Crippen LogP contribution is 2.37. The average molecular weight is 389 g/mol. The number of halogens is 2. The lowest BCUT2D eigenvalue weighted by atomic mass is 9.98. The second-order valence-corrected chi connectivity index (χ2v) is 7.74. The lowest BCUT2D eigenvalue weighted by Crippen LogP contribution is -2.49. The van der Waals surface area contributed by atoms with Crippen molar-refractivity contribution in [1.29, 1.82) is 0 Å². The molecular formula is C21H22ClFN2O2. The van der Waals surface area contributed by atoms with E-state index in [2.05, 4.69) is 9.88 Å². The number of fused-ring (bicyclic) bond motifs is 2. The molecule has 2 saturated heterocycles. The van der Waals surface area contributed by atoms with Crippen molar-refractivity contribution in [2.75, 3.05) is 0 Å². The smallest absolute Gasteiger partial charge is 0.223 e. The van der Waals surface area contributed by atoms with Crippen LogP contribution in [0.2, 0.25) is 5.02 Å². The fourth-order valence-corrected chi connectivity index (χ4v) is 4.52. The van der Waals surface area contributed by atoms with Crippen molar-refractivity contribution in [1.82, 2.24) is 9.88 Å². The molecule has 4 rings (SSSR count). The number of benzene rings is 1. The first-order chi connectivity index (χ1) is 13.1. The summed E-state index contributed by atoms with van der Waals surface area (Å²) in [5.41, 5.74) is 0.887. The van der Waals surface area contributed by atoms with E-state index in [4.69, 9.17) is 16.3 Å². The Bertz CT molecular complexity index is 803. The third kappa shape index (κ3) is 4.08. The molecule has 1 aromatic carbocycles. The quantitative estimate of drug-likeness (QED) is 0.762. The minimum atomic E-state index is -0.430. The van der Waals surface area contributed by atoms with Gasteiger partial charge < -0.3 is 9.64 Å². The third-order valence-corrected chi connectivity index (χ3v) is 5.83. The number of piperidine rings is 1. The summed E-state index contributed by atoms with van der Waals surface area (Å²) in [5, 5.41) is 0.106. The van der Waals surface area contributed by atoms with Gasteiger partial charge in [-0.1, -0.05) is 17.7 Å². The van der Waals surface area contributed by atoms with Crippen molar-refractivity contribution < 1.29 is 13.9 Å². The zero-order valence-electron chi connectivity index (χ0n) is 15.0. The predicted molar refractivity (Wildman–Crippen MR) is 101 cm³/mol. The van der Waals surface area contributed by atoms with E-state index in [1.54, 1.807) is 24.5 Å². The van der Waals surface area contributed by atoms with E-state index < -0.39 is 5.82 Å². The van der Waals surface area contributed by atoms with Crippen LogP contribution in [-0.2, 0) is 11.2 Å². The molecule has 0 saturated carbocycles. The van der Waals surface area contributed by atoms with Gasteiger partial charge in [0, 0.05) is 43.7 Å². The molecule has 2 fully saturated rings. The van der Waals surface area contributed by atoms with Crippen LogP contribution in [0.1, 0.15) is 37.7 Å². The molecule has 2 aromatic rings. The number of rotatable bonds is 5. The van der Waals surface area contributed by atoms with Gasteiger partial charge in [0.2, 0.25) is 5.91 Å². The molecule has 0 radical (unpaired) electrons. The van der Waals surface area contributed by atoms with Crippen LogP contribution in [0.3, 0.4) is 0 Å². The molecule has 2 aliphatic rings. The fraction of sp³-hybridized carbons (Fsp3) is 0.429. The number of hydrogen-bond donors (Lipinski definition) is 0. The SMILES string of the molecule is O=C(CCc1ccc(F)c(Cl)c1)N1C2CCC1CC(Oc1ccncc1)C2. The van der Waals surface area contributed by atoms with Gasteiger partial charge in [0.15, 0.2) is 0 Å². The highest BCUT2D eigenvalue weighted by atomic mass is 35.5. The number of ether oxygens (including phenoxy) is 1. The molecule has 1 amide bonds. The van der Waals surface area contributed by atoms with Crippen molar-refractivity contribution in [2.24, 2.45) is 0 Å². The number of hydrogen-bond acceptors (Lipinski definition) is 3. The molecule has 0 aliphatic carbocycles. The van der Waals surface area contributed by atoms with Crippen LogP contribution in [0.25, 0.3) is 0 Å². The van der Waals surface area contributed by atoms with Crippen LogP contribution in [-0.4, -0.2) is 34.0 Å². The van der Waals surface area contributed by atoms with Gasteiger partial charge in [0.05, 0.1) is 5.02 Å². The summed E-state index contributed by atoms with van der Waals surface area (Å²) in [6.07, 6.45) is 8.40. The predicted octanol–water partition coefficient (Wildman–Crippen LogP) is 4.41. The maximum absolute atomic E-state index is 13.3. The largest absolute Gasteiger partial charge is 0.490 e. The molecule has 1 aromatic heterocycles. The van der Waals surface area contributed by atoms with Crippen LogP contribution in [0.5, 0.6) is 5.75 Å². The molecule has 0 N–H and O–H groups in total. The summed E-state index contributed by atoms with van der Waals surface area (Å²) >= 11 is 5.83. The van der Waals surface area contributed by atoms with E-state index in [0.29, 0.717) is 12.8 Å². The second kappa shape index (κ2) is 7.85. The van der Waals surface area contributed by atoms with Crippen LogP contribution in [0.15, 0.2) is 42.7 Å². The van der Waals surface area contributed by atoms with Gasteiger partial charge in [0.25, 0.3) is 0 Å². The van der Waals surface area contributed by atoms with Crippen LogP contribution < -0.4 is 4.74 Å². The molecule has 6 heteroatoms. The molecule has 142 valence electrons. The van der Waals surface area contributed by atoms with Gasteiger partial charge in [-0.05, 0) is 49.1 Å². The van der Waals surface area contributed by atoms with Crippen molar-refractivity contribution in [3.05, 3.63) is 59.1 Å². The summed E-state index contributed by atoms with van der Waals surface area (Å²) in [4.78, 5) is 18.9. The number of nitrogens with zero attached hydrogens (tertiary/aromatic N) is 2. The average Bonchev–Trinajstić information content (AvgIpc) is 2.94. The number of amides is 1. The summed E-state index contributed by atoms with van der Waals surface area (Å²) < 4.78 is 19.4.